The standard InChI is InChI=1S/C26H35N3O4S/c1-4-5-6-9-17-32-21-14-12-20(13-15-21)24(30)28-29-26(34)27-25(31)22-10-7-8-11-23(22)33-18-16-19(2)3/h7-8,10-15,19H,4-6,9,16-18H2,1-3H3,(H,28,30)(H2,27,29,31,34). The maximum atomic E-state index is 12.6. The first-order valence-electron chi connectivity index (χ1n) is 11.8. The molecule has 2 rings (SSSR count). The average molecular weight is 486 g/mol. The van der Waals surface area contributed by atoms with Crippen LogP contribution < -0.4 is 25.6 Å². The molecule has 184 valence electrons. The van der Waals surface area contributed by atoms with Gasteiger partial charge in [-0.25, -0.2) is 0 Å². The van der Waals surface area contributed by atoms with E-state index in [-0.39, 0.29) is 11.0 Å². The van der Waals surface area contributed by atoms with Crippen molar-refractivity contribution in [3.05, 3.63) is 59.7 Å². The molecule has 0 aromatic heterocycles. The van der Waals surface area contributed by atoms with E-state index in [2.05, 4.69) is 36.9 Å². The average Bonchev–Trinajstić information content (AvgIpc) is 2.83. The van der Waals surface area contributed by atoms with Gasteiger partial charge in [0.15, 0.2) is 5.11 Å². The Morgan fingerprint density at radius 3 is 2.32 bits per heavy atom. The van der Waals surface area contributed by atoms with E-state index >= 15 is 0 Å². The fraction of sp³-hybridized carbons (Fsp3) is 0.423. The van der Waals surface area contributed by atoms with Crippen molar-refractivity contribution in [3.8, 4) is 11.5 Å². The highest BCUT2D eigenvalue weighted by Gasteiger charge is 2.14. The van der Waals surface area contributed by atoms with Gasteiger partial charge in [-0.15, -0.1) is 0 Å². The molecule has 0 radical (unpaired) electrons. The molecule has 7 nitrogen and oxygen atoms in total. The number of rotatable bonds is 12. The van der Waals surface area contributed by atoms with Gasteiger partial charge in [-0.1, -0.05) is 52.2 Å². The Morgan fingerprint density at radius 2 is 1.62 bits per heavy atom. The van der Waals surface area contributed by atoms with Crippen LogP contribution in [0.2, 0.25) is 0 Å². The molecule has 0 saturated heterocycles. The van der Waals surface area contributed by atoms with Crippen molar-refractivity contribution in [1.82, 2.24) is 16.2 Å². The first kappa shape index (κ1) is 27.1. The van der Waals surface area contributed by atoms with Crippen LogP contribution in [0, 0.1) is 5.92 Å². The van der Waals surface area contributed by atoms with Crippen molar-refractivity contribution in [2.45, 2.75) is 52.9 Å². The lowest BCUT2D eigenvalue weighted by Gasteiger charge is -2.14. The van der Waals surface area contributed by atoms with Crippen LogP contribution in [0.1, 0.15) is 73.6 Å². The predicted molar refractivity (Wildman–Crippen MR) is 138 cm³/mol. The van der Waals surface area contributed by atoms with Crippen LogP contribution in [0.3, 0.4) is 0 Å². The van der Waals surface area contributed by atoms with Gasteiger partial charge in [-0.2, -0.15) is 0 Å². The number of amides is 2. The van der Waals surface area contributed by atoms with Gasteiger partial charge < -0.3 is 9.47 Å². The second-order valence-electron chi connectivity index (χ2n) is 8.32. The van der Waals surface area contributed by atoms with E-state index in [1.54, 1.807) is 48.5 Å². The van der Waals surface area contributed by atoms with Gasteiger partial charge in [0.1, 0.15) is 11.5 Å². The topological polar surface area (TPSA) is 88.7 Å². The van der Waals surface area contributed by atoms with Crippen molar-refractivity contribution >= 4 is 29.1 Å². The SMILES string of the molecule is CCCCCCOc1ccc(C(=O)NNC(=S)NC(=O)c2ccccc2OCCC(C)C)cc1. The van der Waals surface area contributed by atoms with E-state index in [1.165, 1.54) is 12.8 Å². The number of carbonyl (C=O) groups excluding carboxylic acids is 2. The minimum Gasteiger partial charge on any atom is -0.494 e. The summed E-state index contributed by atoms with van der Waals surface area (Å²) >= 11 is 5.14. The minimum absolute atomic E-state index is 0.0256. The van der Waals surface area contributed by atoms with Crippen molar-refractivity contribution in [1.29, 1.82) is 0 Å². The summed E-state index contributed by atoms with van der Waals surface area (Å²) in [6.45, 7) is 7.57. The summed E-state index contributed by atoms with van der Waals surface area (Å²) in [5, 5.41) is 2.53. The van der Waals surface area contributed by atoms with Crippen molar-refractivity contribution in [3.63, 3.8) is 0 Å². The monoisotopic (exact) mass is 485 g/mol. The lowest BCUT2D eigenvalue weighted by Crippen LogP contribution is -2.48. The van der Waals surface area contributed by atoms with Crippen molar-refractivity contribution in [2.75, 3.05) is 13.2 Å². The number of para-hydroxylation sites is 1. The number of ether oxygens (including phenoxy) is 2. The van der Waals surface area contributed by atoms with Crippen LogP contribution in [0.25, 0.3) is 0 Å². The molecule has 8 heteroatoms. The molecule has 0 spiro atoms. The normalized spacial score (nSPS) is 10.5. The van der Waals surface area contributed by atoms with Crippen molar-refractivity contribution < 1.29 is 19.1 Å². The summed E-state index contributed by atoms with van der Waals surface area (Å²) in [4.78, 5) is 25.0. The number of hydrazine groups is 1. The number of unbranched alkanes of at least 4 members (excludes halogenated alkanes) is 3. The van der Waals surface area contributed by atoms with Crippen molar-refractivity contribution in [2.24, 2.45) is 5.92 Å². The molecule has 0 aliphatic rings. The number of carbonyl (C=O) groups is 2. The van der Waals surface area contributed by atoms with Crippen LogP contribution >= 0.6 is 12.2 Å². The summed E-state index contributed by atoms with van der Waals surface area (Å²) in [5.74, 6) is 0.898. The Kier molecular flexibility index (Phi) is 11.9. The molecule has 0 saturated carbocycles. The van der Waals surface area contributed by atoms with Gasteiger partial charge in [-0.3, -0.25) is 25.8 Å². The molecule has 0 aliphatic carbocycles. The van der Waals surface area contributed by atoms with Crippen LogP contribution in [0.15, 0.2) is 48.5 Å². The molecule has 3 N–H and O–H groups in total. The lowest BCUT2D eigenvalue weighted by molar-refractivity contribution is 0.0933. The van der Waals surface area contributed by atoms with E-state index in [1.807, 2.05) is 0 Å². The number of hydrogen-bond acceptors (Lipinski definition) is 5. The maximum Gasteiger partial charge on any atom is 0.269 e. The lowest BCUT2D eigenvalue weighted by atomic mass is 10.1. The van der Waals surface area contributed by atoms with Gasteiger partial charge in [0.2, 0.25) is 0 Å². The highest BCUT2D eigenvalue weighted by molar-refractivity contribution is 7.80. The van der Waals surface area contributed by atoms with E-state index < -0.39 is 5.91 Å². The molecule has 0 atom stereocenters. The number of thiocarbonyl (C=S) groups is 1. The van der Waals surface area contributed by atoms with E-state index in [9.17, 15) is 9.59 Å². The summed E-state index contributed by atoms with van der Waals surface area (Å²) in [6.07, 6.45) is 5.43. The molecular weight excluding hydrogens is 450 g/mol. The Morgan fingerprint density at radius 1 is 0.882 bits per heavy atom. The molecule has 0 aliphatic heterocycles. The van der Waals surface area contributed by atoms with Crippen LogP contribution in [0.4, 0.5) is 0 Å². The summed E-state index contributed by atoms with van der Waals surface area (Å²) in [5.41, 5.74) is 5.84. The third-order valence-electron chi connectivity index (χ3n) is 4.98. The number of nitrogens with one attached hydrogen (secondary N) is 3. The molecule has 0 fully saturated rings. The molecule has 34 heavy (non-hydrogen) atoms. The smallest absolute Gasteiger partial charge is 0.269 e. The molecule has 2 aromatic carbocycles. The first-order chi connectivity index (χ1) is 16.4. The van der Waals surface area contributed by atoms with Crippen LogP contribution in [-0.4, -0.2) is 30.1 Å². The third kappa shape index (κ3) is 9.79. The van der Waals surface area contributed by atoms with E-state index in [0.29, 0.717) is 36.0 Å². The number of hydrogen-bond donors (Lipinski definition) is 3. The quantitative estimate of drug-likeness (QED) is 0.222. The first-order valence-corrected chi connectivity index (χ1v) is 12.2. The Hall–Kier alpha value is -3.13. The highest BCUT2D eigenvalue weighted by Crippen LogP contribution is 2.18. The molecular formula is C26H35N3O4S. The van der Waals surface area contributed by atoms with E-state index in [4.69, 9.17) is 21.7 Å². The second-order valence-corrected chi connectivity index (χ2v) is 8.73. The van der Waals surface area contributed by atoms with Crippen LogP contribution in [-0.2, 0) is 0 Å². The summed E-state index contributed by atoms with van der Waals surface area (Å²) in [7, 11) is 0. The van der Waals surface area contributed by atoms with Gasteiger partial charge in [-0.05, 0) is 67.4 Å². The largest absolute Gasteiger partial charge is 0.494 e. The zero-order chi connectivity index (χ0) is 24.8. The molecule has 0 heterocycles. The Bertz CT molecular complexity index is 932. The number of benzene rings is 2. The predicted octanol–water partition coefficient (Wildman–Crippen LogP) is 5.02. The second kappa shape index (κ2) is 14.9. The highest BCUT2D eigenvalue weighted by atomic mass is 32.1. The fourth-order valence-corrected chi connectivity index (χ4v) is 3.14. The van der Waals surface area contributed by atoms with Gasteiger partial charge in [0.05, 0.1) is 18.8 Å². The molecule has 2 aromatic rings. The molecule has 0 unspecified atom stereocenters. The Labute approximate surface area is 207 Å². The maximum absolute atomic E-state index is 12.6. The molecule has 0 bridgehead atoms. The fourth-order valence-electron chi connectivity index (χ4n) is 2.99. The molecule has 2 amide bonds. The summed E-state index contributed by atoms with van der Waals surface area (Å²) < 4.78 is 11.4. The minimum atomic E-state index is -0.424. The van der Waals surface area contributed by atoms with Crippen LogP contribution in [0.5, 0.6) is 11.5 Å². The third-order valence-corrected chi connectivity index (χ3v) is 5.19. The zero-order valence-electron chi connectivity index (χ0n) is 20.2. The van der Waals surface area contributed by atoms with E-state index in [0.717, 1.165) is 25.0 Å². The van der Waals surface area contributed by atoms with Gasteiger partial charge in [0, 0.05) is 5.56 Å². The zero-order valence-corrected chi connectivity index (χ0v) is 21.0. The summed E-state index contributed by atoms with van der Waals surface area (Å²) in [6, 6.07) is 13.8. The van der Waals surface area contributed by atoms with Gasteiger partial charge in [0.25, 0.3) is 11.8 Å². The van der Waals surface area contributed by atoms with Gasteiger partial charge >= 0.3 is 0 Å². The Balaban J connectivity index is 1.79.